The van der Waals surface area contributed by atoms with Gasteiger partial charge in [0.2, 0.25) is 21.8 Å². The molecule has 0 aliphatic carbocycles. The van der Waals surface area contributed by atoms with Crippen LogP contribution in [0.5, 0.6) is 5.75 Å². The fourth-order valence-electron chi connectivity index (χ4n) is 3.21. The highest BCUT2D eigenvalue weighted by molar-refractivity contribution is 7.92. The normalized spacial score (nSPS) is 12.1. The number of benzene rings is 2. The third kappa shape index (κ3) is 6.75. The van der Waals surface area contributed by atoms with Crippen LogP contribution in [0.3, 0.4) is 0 Å². The van der Waals surface area contributed by atoms with Crippen LogP contribution in [0.2, 0.25) is 10.0 Å². The second kappa shape index (κ2) is 11.1. The van der Waals surface area contributed by atoms with Crippen molar-refractivity contribution in [3.05, 3.63) is 57.6 Å². The summed E-state index contributed by atoms with van der Waals surface area (Å²) in [6.45, 7) is 2.80. The van der Waals surface area contributed by atoms with E-state index < -0.39 is 34.4 Å². The first-order valence-corrected chi connectivity index (χ1v) is 12.6. The molecule has 1 N–H and O–H groups in total. The second-order valence-corrected chi connectivity index (χ2v) is 10.2. The molecule has 2 aromatic rings. The maximum absolute atomic E-state index is 13.4. The number of anilines is 1. The number of ether oxygens (including phenoxy) is 1. The van der Waals surface area contributed by atoms with Crippen molar-refractivity contribution in [1.29, 1.82) is 0 Å². The average Bonchev–Trinajstić information content (AvgIpc) is 2.74. The summed E-state index contributed by atoms with van der Waals surface area (Å²) in [5.74, 6) is -0.705. The molecular formula is C22H27Cl2N3O5S. The number of carbonyl (C=O) groups is 2. The Kier molecular flexibility index (Phi) is 8.99. The van der Waals surface area contributed by atoms with Crippen LogP contribution in [-0.4, -0.2) is 58.1 Å². The molecule has 0 saturated heterocycles. The molecule has 180 valence electrons. The Morgan fingerprint density at radius 3 is 2.36 bits per heavy atom. The summed E-state index contributed by atoms with van der Waals surface area (Å²) in [5.41, 5.74) is 1.57. The number of likely N-dealkylation sites (N-methyl/N-ethyl adjacent to an activating group) is 1. The molecule has 0 unspecified atom stereocenters. The molecule has 0 radical (unpaired) electrons. The summed E-state index contributed by atoms with van der Waals surface area (Å²) in [7, 11) is -1.00. The van der Waals surface area contributed by atoms with Crippen LogP contribution < -0.4 is 14.4 Å². The van der Waals surface area contributed by atoms with Gasteiger partial charge in [0.15, 0.2) is 0 Å². The van der Waals surface area contributed by atoms with Crippen molar-refractivity contribution in [2.24, 2.45) is 0 Å². The predicted octanol–water partition coefficient (Wildman–Crippen LogP) is 3.24. The highest BCUT2D eigenvalue weighted by Gasteiger charge is 2.31. The molecule has 0 heterocycles. The molecule has 11 heteroatoms. The monoisotopic (exact) mass is 515 g/mol. The summed E-state index contributed by atoms with van der Waals surface area (Å²) in [6, 6.07) is 8.94. The third-order valence-corrected chi connectivity index (χ3v) is 6.77. The first-order valence-electron chi connectivity index (χ1n) is 9.96. The summed E-state index contributed by atoms with van der Waals surface area (Å²) >= 11 is 12.2. The Hall–Kier alpha value is -2.49. The lowest BCUT2D eigenvalue weighted by atomic mass is 10.1. The molecule has 2 rings (SSSR count). The van der Waals surface area contributed by atoms with Crippen molar-refractivity contribution in [2.45, 2.75) is 26.4 Å². The Morgan fingerprint density at radius 2 is 1.82 bits per heavy atom. The highest BCUT2D eigenvalue weighted by atomic mass is 35.5. The molecule has 2 amide bonds. The molecule has 0 saturated carbocycles. The lowest BCUT2D eigenvalue weighted by molar-refractivity contribution is -0.139. The summed E-state index contributed by atoms with van der Waals surface area (Å²) in [6.07, 6.45) is 1.00. The highest BCUT2D eigenvalue weighted by Crippen LogP contribution is 2.31. The van der Waals surface area contributed by atoms with Crippen molar-refractivity contribution in [2.75, 3.05) is 31.3 Å². The molecule has 0 fully saturated rings. The third-order valence-electron chi connectivity index (χ3n) is 5.05. The predicted molar refractivity (Wildman–Crippen MR) is 130 cm³/mol. The fourth-order valence-corrected chi connectivity index (χ4v) is 4.53. The minimum Gasteiger partial charge on any atom is -0.495 e. The summed E-state index contributed by atoms with van der Waals surface area (Å²) in [5, 5.41) is 3.26. The Labute approximate surface area is 204 Å². The van der Waals surface area contributed by atoms with Gasteiger partial charge in [0.1, 0.15) is 18.3 Å². The second-order valence-electron chi connectivity index (χ2n) is 7.49. The van der Waals surface area contributed by atoms with Crippen LogP contribution in [0, 0.1) is 6.92 Å². The zero-order chi connectivity index (χ0) is 24.9. The zero-order valence-corrected chi connectivity index (χ0v) is 21.4. The smallest absolute Gasteiger partial charge is 0.244 e. The Bertz CT molecular complexity index is 1140. The number of hydrogen-bond donors (Lipinski definition) is 1. The maximum Gasteiger partial charge on any atom is 0.244 e. The summed E-state index contributed by atoms with van der Waals surface area (Å²) < 4.78 is 31.6. The van der Waals surface area contributed by atoms with Crippen LogP contribution in [0.1, 0.15) is 18.1 Å². The van der Waals surface area contributed by atoms with Gasteiger partial charge in [-0.1, -0.05) is 35.3 Å². The molecular weight excluding hydrogens is 489 g/mol. The minimum atomic E-state index is -3.87. The molecule has 0 aliphatic heterocycles. The molecule has 2 aromatic carbocycles. The van der Waals surface area contributed by atoms with E-state index in [1.165, 1.54) is 25.1 Å². The van der Waals surface area contributed by atoms with Crippen LogP contribution in [0.25, 0.3) is 0 Å². The number of methoxy groups -OCH3 is 1. The minimum absolute atomic E-state index is 0.0218. The fraction of sp³-hybridized carbons (Fsp3) is 0.364. The first-order chi connectivity index (χ1) is 15.4. The zero-order valence-electron chi connectivity index (χ0n) is 19.1. The van der Waals surface area contributed by atoms with Gasteiger partial charge in [-0.3, -0.25) is 13.9 Å². The van der Waals surface area contributed by atoms with Crippen LogP contribution >= 0.6 is 23.2 Å². The van der Waals surface area contributed by atoms with E-state index in [-0.39, 0.29) is 12.2 Å². The van der Waals surface area contributed by atoms with E-state index in [0.29, 0.717) is 21.4 Å². The van der Waals surface area contributed by atoms with Crippen molar-refractivity contribution in [3.63, 3.8) is 0 Å². The van der Waals surface area contributed by atoms with Gasteiger partial charge in [-0.25, -0.2) is 8.42 Å². The summed E-state index contributed by atoms with van der Waals surface area (Å²) in [4.78, 5) is 27.1. The lowest BCUT2D eigenvalue weighted by Gasteiger charge is -2.31. The van der Waals surface area contributed by atoms with Crippen molar-refractivity contribution < 1.29 is 22.7 Å². The number of amides is 2. The number of aryl methyl sites for hydroxylation is 1. The van der Waals surface area contributed by atoms with E-state index in [2.05, 4.69) is 5.32 Å². The molecule has 1 atom stereocenters. The average molecular weight is 516 g/mol. The van der Waals surface area contributed by atoms with Gasteiger partial charge in [0.05, 0.1) is 19.1 Å². The number of carbonyl (C=O) groups excluding carboxylic acids is 2. The molecule has 33 heavy (non-hydrogen) atoms. The number of nitrogens with zero attached hydrogens (tertiary/aromatic N) is 2. The van der Waals surface area contributed by atoms with Crippen LogP contribution in [0.4, 0.5) is 5.69 Å². The van der Waals surface area contributed by atoms with Gasteiger partial charge in [0, 0.05) is 23.6 Å². The first kappa shape index (κ1) is 26.8. The molecule has 0 bridgehead atoms. The quantitative estimate of drug-likeness (QED) is 0.552. The van der Waals surface area contributed by atoms with Crippen molar-refractivity contribution in [1.82, 2.24) is 10.2 Å². The lowest BCUT2D eigenvalue weighted by Crippen LogP contribution is -2.50. The molecule has 8 nitrogen and oxygen atoms in total. The van der Waals surface area contributed by atoms with Crippen molar-refractivity contribution >= 4 is 50.7 Å². The Balaban J connectivity index is 2.49. The van der Waals surface area contributed by atoms with Gasteiger partial charge in [-0.15, -0.1) is 0 Å². The van der Waals surface area contributed by atoms with Gasteiger partial charge >= 0.3 is 0 Å². The topological polar surface area (TPSA) is 96.0 Å². The SMILES string of the molecule is CNC(=O)[C@H](C)N(Cc1ccc(Cl)cc1Cl)C(=O)CN(c1cc(C)ccc1OC)S(C)(=O)=O. The van der Waals surface area contributed by atoms with E-state index in [4.69, 9.17) is 27.9 Å². The van der Waals surface area contributed by atoms with Crippen molar-refractivity contribution in [3.8, 4) is 5.75 Å². The van der Waals surface area contributed by atoms with E-state index >= 15 is 0 Å². The molecule has 0 aliphatic rings. The number of halogens is 2. The standard InChI is InChI=1S/C22H27Cl2N3O5S/c1-14-6-9-20(32-4)19(10-14)27(33(5,30)31)13-21(28)26(15(2)22(29)25-3)12-16-7-8-17(23)11-18(16)24/h6-11,15H,12-13H2,1-5H3,(H,25,29)/t15-/m0/s1. The van der Waals surface area contributed by atoms with E-state index in [1.54, 1.807) is 44.2 Å². The number of sulfonamides is 1. The Morgan fingerprint density at radius 1 is 1.15 bits per heavy atom. The van der Waals surface area contributed by atoms with Crippen LogP contribution in [0.15, 0.2) is 36.4 Å². The maximum atomic E-state index is 13.4. The molecule has 0 aromatic heterocycles. The van der Waals surface area contributed by atoms with Gasteiger partial charge in [-0.05, 0) is 49.2 Å². The van der Waals surface area contributed by atoms with Crippen LogP contribution in [-0.2, 0) is 26.2 Å². The molecule has 0 spiro atoms. The van der Waals surface area contributed by atoms with Gasteiger partial charge < -0.3 is 15.0 Å². The van der Waals surface area contributed by atoms with Gasteiger partial charge in [0.25, 0.3) is 0 Å². The van der Waals surface area contributed by atoms with E-state index in [9.17, 15) is 18.0 Å². The number of nitrogens with one attached hydrogen (secondary N) is 1. The van der Waals surface area contributed by atoms with E-state index in [1.807, 2.05) is 0 Å². The van der Waals surface area contributed by atoms with E-state index in [0.717, 1.165) is 16.1 Å². The van der Waals surface area contributed by atoms with Gasteiger partial charge in [-0.2, -0.15) is 0 Å². The largest absolute Gasteiger partial charge is 0.495 e. The number of rotatable bonds is 9. The number of hydrogen-bond acceptors (Lipinski definition) is 5.